The predicted octanol–water partition coefficient (Wildman–Crippen LogP) is 0.530. The second kappa shape index (κ2) is 9.50. The lowest BCUT2D eigenvalue weighted by molar-refractivity contribution is -0.131. The second-order valence-corrected chi connectivity index (χ2v) is 5.97. The molecule has 6 N–H and O–H groups in total. The quantitative estimate of drug-likeness (QED) is 0.300. The molecule has 0 spiro atoms. The third-order valence-electron chi connectivity index (χ3n) is 3.84. The van der Waals surface area contributed by atoms with Crippen LogP contribution in [0.1, 0.15) is 34.0 Å². The molecule has 0 radical (unpaired) electrons. The smallest absolute Gasteiger partial charge is 0.267 e. The molecule has 0 aliphatic heterocycles. The molecule has 2 aromatic rings. The Kier molecular flexibility index (Phi) is 7.08. The van der Waals surface area contributed by atoms with E-state index in [-0.39, 0.29) is 6.61 Å². The van der Waals surface area contributed by atoms with Crippen molar-refractivity contribution in [2.24, 2.45) is 5.73 Å². The van der Waals surface area contributed by atoms with Crippen LogP contribution in [0.15, 0.2) is 48.5 Å². The highest BCUT2D eigenvalue weighted by Crippen LogP contribution is 2.06. The largest absolute Gasteiger partial charge is 0.392 e. The first-order chi connectivity index (χ1) is 12.9. The molecule has 0 unspecified atom stereocenters. The number of carbonyl (C=O) groups excluding carboxylic acids is 2. The maximum Gasteiger partial charge on any atom is 0.267 e. The van der Waals surface area contributed by atoms with Crippen LogP contribution in [0.3, 0.4) is 0 Å². The fourth-order valence-electron chi connectivity index (χ4n) is 2.27. The van der Waals surface area contributed by atoms with E-state index in [1.807, 2.05) is 12.1 Å². The van der Waals surface area contributed by atoms with E-state index in [4.69, 9.17) is 16.0 Å². The molecule has 0 fully saturated rings. The lowest BCUT2D eigenvalue weighted by Crippen LogP contribution is -2.54. The van der Waals surface area contributed by atoms with Gasteiger partial charge in [0, 0.05) is 22.7 Å². The van der Waals surface area contributed by atoms with E-state index < -0.39 is 23.9 Å². The highest BCUT2D eigenvalue weighted by atomic mass is 16.5. The minimum atomic E-state index is -1.05. The minimum absolute atomic E-state index is 0.0129. The zero-order valence-corrected chi connectivity index (χ0v) is 14.8. The van der Waals surface area contributed by atoms with E-state index in [0.29, 0.717) is 5.56 Å². The van der Waals surface area contributed by atoms with Crippen molar-refractivity contribution in [3.63, 3.8) is 0 Å². The van der Waals surface area contributed by atoms with Crippen molar-refractivity contribution in [3.8, 4) is 11.8 Å². The van der Waals surface area contributed by atoms with Gasteiger partial charge in [-0.05, 0) is 48.9 Å². The molecule has 0 aromatic heterocycles. The molecule has 2 aromatic carbocycles. The third kappa shape index (κ3) is 5.66. The van der Waals surface area contributed by atoms with Gasteiger partial charge in [-0.25, -0.2) is 5.48 Å². The third-order valence-corrected chi connectivity index (χ3v) is 3.84. The molecule has 0 saturated heterocycles. The Morgan fingerprint density at radius 2 is 1.56 bits per heavy atom. The topological polar surface area (TPSA) is 125 Å². The van der Waals surface area contributed by atoms with E-state index in [2.05, 4.69) is 17.2 Å². The monoisotopic (exact) mass is 367 g/mol. The molecule has 0 heterocycles. The standard InChI is InChI=1S/C20H21N3O4/c1-13(21)18(20(26)23-27)22-19(25)17-10-8-15(9-11-17)3-2-14-4-6-16(12-24)7-5-14/h4-11,13,18,24,27H,12,21H2,1H3,(H,22,25)(H,23,26)/t13-,18-/m0/s1. The van der Waals surface area contributed by atoms with Gasteiger partial charge in [0.2, 0.25) is 0 Å². The molecular formula is C20H21N3O4. The number of rotatable bonds is 5. The summed E-state index contributed by atoms with van der Waals surface area (Å²) >= 11 is 0. The Labute approximate surface area is 157 Å². The van der Waals surface area contributed by atoms with Crippen molar-refractivity contribution in [1.29, 1.82) is 0 Å². The number of nitrogens with one attached hydrogen (secondary N) is 2. The number of aliphatic hydroxyl groups excluding tert-OH is 1. The molecule has 2 amide bonds. The second-order valence-electron chi connectivity index (χ2n) is 5.97. The van der Waals surface area contributed by atoms with E-state index in [0.717, 1.165) is 16.7 Å². The zero-order chi connectivity index (χ0) is 19.8. The SMILES string of the molecule is C[C@H](N)[C@H](NC(=O)c1ccc(C#Cc2ccc(CO)cc2)cc1)C(=O)NO. The van der Waals surface area contributed by atoms with Gasteiger partial charge in [0.05, 0.1) is 6.61 Å². The molecule has 0 aliphatic carbocycles. The summed E-state index contributed by atoms with van der Waals surface area (Å²) in [7, 11) is 0. The van der Waals surface area contributed by atoms with Gasteiger partial charge >= 0.3 is 0 Å². The first-order valence-electron chi connectivity index (χ1n) is 8.27. The van der Waals surface area contributed by atoms with Crippen molar-refractivity contribution in [2.75, 3.05) is 0 Å². The fourth-order valence-corrected chi connectivity index (χ4v) is 2.27. The Bertz CT molecular complexity index is 850. The van der Waals surface area contributed by atoms with Crippen molar-refractivity contribution in [1.82, 2.24) is 10.8 Å². The molecule has 27 heavy (non-hydrogen) atoms. The summed E-state index contributed by atoms with van der Waals surface area (Å²) in [5.41, 5.74) is 9.82. The maximum absolute atomic E-state index is 12.2. The van der Waals surface area contributed by atoms with Gasteiger partial charge in [-0.1, -0.05) is 24.0 Å². The maximum atomic E-state index is 12.2. The minimum Gasteiger partial charge on any atom is -0.392 e. The number of carbonyl (C=O) groups is 2. The van der Waals surface area contributed by atoms with Crippen LogP contribution >= 0.6 is 0 Å². The molecule has 0 bridgehead atoms. The summed E-state index contributed by atoms with van der Waals surface area (Å²) in [4.78, 5) is 23.8. The Hall–Kier alpha value is -3.18. The highest BCUT2D eigenvalue weighted by Gasteiger charge is 2.24. The summed E-state index contributed by atoms with van der Waals surface area (Å²) in [5, 5.41) is 20.2. The molecular weight excluding hydrogens is 346 g/mol. The van der Waals surface area contributed by atoms with Gasteiger partial charge in [0.1, 0.15) is 6.04 Å². The number of hydroxylamine groups is 1. The van der Waals surface area contributed by atoms with Crippen molar-refractivity contribution in [3.05, 3.63) is 70.8 Å². The van der Waals surface area contributed by atoms with Crippen molar-refractivity contribution in [2.45, 2.75) is 25.6 Å². The number of nitrogens with two attached hydrogens (primary N) is 1. The van der Waals surface area contributed by atoms with Crippen molar-refractivity contribution >= 4 is 11.8 Å². The lowest BCUT2D eigenvalue weighted by atomic mass is 10.1. The highest BCUT2D eigenvalue weighted by molar-refractivity contribution is 5.97. The lowest BCUT2D eigenvalue weighted by Gasteiger charge is -2.20. The average molecular weight is 367 g/mol. The normalized spacial score (nSPS) is 12.3. The summed E-state index contributed by atoms with van der Waals surface area (Å²) < 4.78 is 0. The van der Waals surface area contributed by atoms with E-state index in [9.17, 15) is 9.59 Å². The predicted molar refractivity (Wildman–Crippen MR) is 99.6 cm³/mol. The Morgan fingerprint density at radius 3 is 2.00 bits per heavy atom. The van der Waals surface area contributed by atoms with Gasteiger partial charge in [-0.3, -0.25) is 14.8 Å². The summed E-state index contributed by atoms with van der Waals surface area (Å²) in [6.45, 7) is 1.53. The number of amides is 2. The number of aliphatic hydroxyl groups is 1. The molecule has 7 nitrogen and oxygen atoms in total. The van der Waals surface area contributed by atoms with Gasteiger partial charge in [0.15, 0.2) is 0 Å². The van der Waals surface area contributed by atoms with E-state index >= 15 is 0 Å². The van der Waals surface area contributed by atoms with Crippen LogP contribution in [0.25, 0.3) is 0 Å². The average Bonchev–Trinajstić information content (AvgIpc) is 2.70. The van der Waals surface area contributed by atoms with Crippen LogP contribution in [-0.4, -0.2) is 34.2 Å². The fraction of sp³-hybridized carbons (Fsp3) is 0.200. The summed E-state index contributed by atoms with van der Waals surface area (Å²) in [5.74, 6) is 4.72. The number of hydrogen-bond acceptors (Lipinski definition) is 5. The van der Waals surface area contributed by atoms with Gasteiger partial charge in [-0.2, -0.15) is 0 Å². The van der Waals surface area contributed by atoms with Crippen LogP contribution in [0.2, 0.25) is 0 Å². The van der Waals surface area contributed by atoms with Crippen LogP contribution < -0.4 is 16.5 Å². The van der Waals surface area contributed by atoms with Crippen LogP contribution in [-0.2, 0) is 11.4 Å². The van der Waals surface area contributed by atoms with Gasteiger partial charge in [-0.15, -0.1) is 0 Å². The zero-order valence-electron chi connectivity index (χ0n) is 14.8. The molecule has 140 valence electrons. The first-order valence-corrected chi connectivity index (χ1v) is 8.27. The molecule has 2 atom stereocenters. The van der Waals surface area contributed by atoms with E-state index in [1.54, 1.807) is 43.3 Å². The Balaban J connectivity index is 2.07. The molecule has 2 rings (SSSR count). The molecule has 0 saturated carbocycles. The van der Waals surface area contributed by atoms with Crippen LogP contribution in [0.5, 0.6) is 0 Å². The first kappa shape index (κ1) is 20.1. The Morgan fingerprint density at radius 1 is 1.04 bits per heavy atom. The van der Waals surface area contributed by atoms with Crippen LogP contribution in [0, 0.1) is 11.8 Å². The molecule has 7 heteroatoms. The van der Waals surface area contributed by atoms with Crippen LogP contribution in [0.4, 0.5) is 0 Å². The number of hydrogen-bond donors (Lipinski definition) is 5. The van der Waals surface area contributed by atoms with E-state index in [1.165, 1.54) is 5.48 Å². The van der Waals surface area contributed by atoms with Gasteiger partial charge in [0.25, 0.3) is 11.8 Å². The van der Waals surface area contributed by atoms with Crippen molar-refractivity contribution < 1.29 is 19.9 Å². The molecule has 0 aliphatic rings. The summed E-state index contributed by atoms with van der Waals surface area (Å²) in [6, 6.07) is 12.1. The van der Waals surface area contributed by atoms with Gasteiger partial charge < -0.3 is 16.2 Å². The number of benzene rings is 2. The summed E-state index contributed by atoms with van der Waals surface area (Å²) in [6.07, 6.45) is 0.